The standard InChI is InChI=1S/C25H35NO5/c1-23(2,3)26-13-15-16-7-8-18(22(30)31-6)24(16,4)10-9-17(15)25(5)19(21(28)29)11-14(27)12-20(25)26/h11-12,15-18H,7-10,13H2,1-6H3,(H,28,29)/t15-,16-,17-,18+,24-,25-/m0/s1. The molecule has 6 nitrogen and oxygen atoms in total. The van der Waals surface area contributed by atoms with Gasteiger partial charge in [-0.3, -0.25) is 9.59 Å². The van der Waals surface area contributed by atoms with Crippen molar-refractivity contribution in [3.8, 4) is 0 Å². The van der Waals surface area contributed by atoms with Gasteiger partial charge in [-0.15, -0.1) is 0 Å². The first kappa shape index (κ1) is 22.1. The molecule has 0 unspecified atom stereocenters. The predicted octanol–water partition coefficient (Wildman–Crippen LogP) is 3.82. The SMILES string of the molecule is COC(=O)[C@H]1CC[C@H]2[C@@H]3CN(C(C)(C)C)C4=CC(=O)C=C(C(=O)O)[C@]4(C)[C@H]3CC[C@]12C. The second-order valence-electron chi connectivity index (χ2n) is 11.4. The first-order chi connectivity index (χ1) is 14.4. The number of ether oxygens (including phenoxy) is 1. The Morgan fingerprint density at radius 2 is 1.81 bits per heavy atom. The van der Waals surface area contributed by atoms with Crippen LogP contribution in [-0.2, 0) is 19.1 Å². The number of carboxylic acid groups (broad SMARTS) is 1. The number of hydrogen-bond acceptors (Lipinski definition) is 5. The number of carbonyl (C=O) groups is 3. The zero-order valence-electron chi connectivity index (χ0n) is 19.5. The molecule has 0 aromatic heterocycles. The summed E-state index contributed by atoms with van der Waals surface area (Å²) in [6, 6.07) is 0. The first-order valence-electron chi connectivity index (χ1n) is 11.4. The lowest BCUT2D eigenvalue weighted by molar-refractivity contribution is -0.153. The molecule has 0 amide bonds. The molecule has 6 atom stereocenters. The van der Waals surface area contributed by atoms with E-state index in [4.69, 9.17) is 4.74 Å². The van der Waals surface area contributed by atoms with Crippen molar-refractivity contribution in [2.45, 2.75) is 65.8 Å². The third-order valence-electron chi connectivity index (χ3n) is 9.05. The molecule has 0 aromatic carbocycles. The fourth-order valence-electron chi connectivity index (χ4n) is 7.52. The fraction of sp³-hybridized carbons (Fsp3) is 0.720. The minimum absolute atomic E-state index is 0.0984. The highest BCUT2D eigenvalue weighted by Gasteiger charge is 2.64. The zero-order valence-corrected chi connectivity index (χ0v) is 19.5. The minimum atomic E-state index is -1.01. The molecule has 0 radical (unpaired) electrons. The summed E-state index contributed by atoms with van der Waals surface area (Å²) >= 11 is 0. The average Bonchev–Trinajstić information content (AvgIpc) is 3.03. The maximum atomic E-state index is 12.6. The number of carbonyl (C=O) groups excluding carboxylic acids is 2. The van der Waals surface area contributed by atoms with Crippen LogP contribution in [0.5, 0.6) is 0 Å². The predicted molar refractivity (Wildman–Crippen MR) is 116 cm³/mol. The van der Waals surface area contributed by atoms with Gasteiger partial charge in [-0.2, -0.15) is 0 Å². The summed E-state index contributed by atoms with van der Waals surface area (Å²) < 4.78 is 5.14. The number of nitrogens with zero attached hydrogens (tertiary/aromatic N) is 1. The monoisotopic (exact) mass is 429 g/mol. The Morgan fingerprint density at radius 3 is 2.39 bits per heavy atom. The summed E-state index contributed by atoms with van der Waals surface area (Å²) in [5, 5.41) is 10.1. The highest BCUT2D eigenvalue weighted by molar-refractivity contribution is 6.08. The van der Waals surface area contributed by atoms with Crippen LogP contribution in [0.4, 0.5) is 0 Å². The number of methoxy groups -OCH3 is 1. The van der Waals surface area contributed by atoms with Crippen molar-refractivity contribution < 1.29 is 24.2 Å². The van der Waals surface area contributed by atoms with Crippen LogP contribution in [0.3, 0.4) is 0 Å². The molecule has 1 heterocycles. The average molecular weight is 430 g/mol. The van der Waals surface area contributed by atoms with Crippen LogP contribution in [0.2, 0.25) is 0 Å². The van der Waals surface area contributed by atoms with Crippen LogP contribution >= 0.6 is 0 Å². The number of fused-ring (bicyclic) bond motifs is 5. The Hall–Kier alpha value is -2.11. The molecule has 1 N–H and O–H groups in total. The highest BCUT2D eigenvalue weighted by Crippen LogP contribution is 2.66. The number of rotatable bonds is 2. The molecule has 3 aliphatic carbocycles. The van der Waals surface area contributed by atoms with E-state index in [1.54, 1.807) is 6.08 Å². The lowest BCUT2D eigenvalue weighted by Gasteiger charge is -2.62. The van der Waals surface area contributed by atoms with Crippen molar-refractivity contribution >= 4 is 17.7 Å². The van der Waals surface area contributed by atoms with E-state index >= 15 is 0 Å². The van der Waals surface area contributed by atoms with Gasteiger partial charge in [-0.25, -0.2) is 4.79 Å². The van der Waals surface area contributed by atoms with Gasteiger partial charge in [0.05, 0.1) is 18.6 Å². The van der Waals surface area contributed by atoms with E-state index in [2.05, 4.69) is 32.6 Å². The quantitative estimate of drug-likeness (QED) is 0.672. The number of carboxylic acids is 1. The van der Waals surface area contributed by atoms with Crippen molar-refractivity contribution in [2.75, 3.05) is 13.7 Å². The molecular weight excluding hydrogens is 394 g/mol. The van der Waals surface area contributed by atoms with Crippen molar-refractivity contribution in [1.29, 1.82) is 0 Å². The summed E-state index contributed by atoms with van der Waals surface area (Å²) in [6.07, 6.45) is 6.48. The van der Waals surface area contributed by atoms with Gasteiger partial charge in [0.1, 0.15) is 0 Å². The molecule has 4 aliphatic rings. The fourth-order valence-corrected chi connectivity index (χ4v) is 7.52. The minimum Gasteiger partial charge on any atom is -0.478 e. The lowest BCUT2D eigenvalue weighted by atomic mass is 9.48. The van der Waals surface area contributed by atoms with Gasteiger partial charge in [0, 0.05) is 29.3 Å². The normalized spacial score (nSPS) is 39.7. The van der Waals surface area contributed by atoms with Gasteiger partial charge in [-0.1, -0.05) is 6.92 Å². The highest BCUT2D eigenvalue weighted by atomic mass is 16.5. The summed E-state index contributed by atoms with van der Waals surface area (Å²) in [6.45, 7) is 11.4. The maximum Gasteiger partial charge on any atom is 0.332 e. The number of hydrogen-bond donors (Lipinski definition) is 1. The van der Waals surface area contributed by atoms with Gasteiger partial charge in [0.15, 0.2) is 5.78 Å². The molecular formula is C25H35NO5. The Balaban J connectivity index is 1.83. The molecule has 2 saturated carbocycles. The van der Waals surface area contributed by atoms with Crippen LogP contribution in [0.1, 0.15) is 60.3 Å². The molecule has 1 saturated heterocycles. The molecule has 6 heteroatoms. The molecule has 0 aromatic rings. The Kier molecular flexibility index (Phi) is 4.95. The van der Waals surface area contributed by atoms with E-state index in [9.17, 15) is 19.5 Å². The molecule has 3 fully saturated rings. The molecule has 0 bridgehead atoms. The van der Waals surface area contributed by atoms with Crippen LogP contribution in [0.15, 0.2) is 23.4 Å². The lowest BCUT2D eigenvalue weighted by Crippen LogP contribution is -2.62. The van der Waals surface area contributed by atoms with E-state index in [-0.39, 0.29) is 46.0 Å². The molecule has 4 rings (SSSR count). The Morgan fingerprint density at radius 1 is 1.13 bits per heavy atom. The number of piperidine rings is 1. The van der Waals surface area contributed by atoms with Crippen LogP contribution in [-0.4, -0.2) is 46.9 Å². The maximum absolute atomic E-state index is 12.6. The van der Waals surface area contributed by atoms with Crippen LogP contribution in [0, 0.1) is 34.5 Å². The van der Waals surface area contributed by atoms with Crippen LogP contribution in [0.25, 0.3) is 0 Å². The van der Waals surface area contributed by atoms with Crippen molar-refractivity contribution in [1.82, 2.24) is 4.90 Å². The number of esters is 1. The topological polar surface area (TPSA) is 83.9 Å². The van der Waals surface area contributed by atoms with Gasteiger partial charge in [-0.05, 0) is 82.6 Å². The number of ketones is 1. The van der Waals surface area contributed by atoms with E-state index < -0.39 is 11.4 Å². The van der Waals surface area contributed by atoms with E-state index in [0.717, 1.165) is 37.9 Å². The van der Waals surface area contributed by atoms with Gasteiger partial charge in [0.25, 0.3) is 0 Å². The third-order valence-corrected chi connectivity index (χ3v) is 9.05. The van der Waals surface area contributed by atoms with E-state index in [1.807, 2.05) is 6.92 Å². The summed E-state index contributed by atoms with van der Waals surface area (Å²) in [4.78, 5) is 39.7. The number of allylic oxidation sites excluding steroid dienone is 3. The zero-order chi connectivity index (χ0) is 22.9. The van der Waals surface area contributed by atoms with E-state index in [1.165, 1.54) is 13.2 Å². The Bertz CT molecular complexity index is 896. The second-order valence-corrected chi connectivity index (χ2v) is 11.4. The van der Waals surface area contributed by atoms with Crippen LogP contribution < -0.4 is 0 Å². The van der Waals surface area contributed by atoms with E-state index in [0.29, 0.717) is 5.92 Å². The smallest absolute Gasteiger partial charge is 0.332 e. The van der Waals surface area contributed by atoms with Crippen molar-refractivity contribution in [2.24, 2.45) is 34.5 Å². The summed E-state index contributed by atoms with van der Waals surface area (Å²) in [7, 11) is 1.47. The van der Waals surface area contributed by atoms with Gasteiger partial charge in [0.2, 0.25) is 0 Å². The van der Waals surface area contributed by atoms with Gasteiger partial charge < -0.3 is 14.7 Å². The first-order valence-corrected chi connectivity index (χ1v) is 11.4. The molecule has 170 valence electrons. The third kappa shape index (κ3) is 3.00. The van der Waals surface area contributed by atoms with Crippen molar-refractivity contribution in [3.63, 3.8) is 0 Å². The summed E-state index contributed by atoms with van der Waals surface area (Å²) in [5.74, 6) is -0.765. The molecule has 1 aliphatic heterocycles. The second kappa shape index (κ2) is 6.94. The Labute approximate surface area is 184 Å². The largest absolute Gasteiger partial charge is 0.478 e. The number of likely N-dealkylation sites (tertiary alicyclic amines) is 1. The van der Waals surface area contributed by atoms with Crippen molar-refractivity contribution in [3.05, 3.63) is 23.4 Å². The molecule has 31 heavy (non-hydrogen) atoms. The molecule has 0 spiro atoms. The van der Waals surface area contributed by atoms with Gasteiger partial charge >= 0.3 is 11.9 Å². The summed E-state index contributed by atoms with van der Waals surface area (Å²) in [5.41, 5.74) is -0.0523. The number of aliphatic carboxylic acids is 1.